The molecule has 2 aliphatic rings. The maximum Gasteiger partial charge on any atom is 0.352 e. The molecular formula is C21H22Cl2F2N4O3S. The van der Waals surface area contributed by atoms with Crippen LogP contribution in [0.2, 0.25) is 5.02 Å². The molecule has 0 saturated carbocycles. The van der Waals surface area contributed by atoms with Gasteiger partial charge in [-0.2, -0.15) is 17.8 Å². The van der Waals surface area contributed by atoms with Gasteiger partial charge in [0.1, 0.15) is 0 Å². The van der Waals surface area contributed by atoms with Gasteiger partial charge in [-0.15, -0.1) is 12.4 Å². The number of halogens is 4. The van der Waals surface area contributed by atoms with Crippen LogP contribution in [0, 0.1) is 0 Å². The first-order valence-corrected chi connectivity index (χ1v) is 11.8. The van der Waals surface area contributed by atoms with Crippen molar-refractivity contribution in [2.24, 2.45) is 5.10 Å². The summed E-state index contributed by atoms with van der Waals surface area (Å²) in [5.41, 5.74) is 2.21. The van der Waals surface area contributed by atoms with E-state index in [0.717, 1.165) is 16.1 Å². The summed E-state index contributed by atoms with van der Waals surface area (Å²) in [4.78, 5) is 12.8. The lowest BCUT2D eigenvalue weighted by atomic mass is 9.91. The highest BCUT2D eigenvalue weighted by atomic mass is 35.5. The molecule has 1 saturated heterocycles. The van der Waals surface area contributed by atoms with Crippen molar-refractivity contribution in [3.63, 3.8) is 0 Å². The number of carbonyl (C=O) groups is 1. The monoisotopic (exact) mass is 518 g/mol. The summed E-state index contributed by atoms with van der Waals surface area (Å²) in [6.07, 6.45) is -0.368. The lowest BCUT2D eigenvalue weighted by Gasteiger charge is -2.31. The molecule has 4 rings (SSSR count). The average molecular weight is 519 g/mol. The number of rotatable bonds is 4. The highest BCUT2D eigenvalue weighted by Gasteiger charge is 2.41. The Balaban J connectivity index is 0.00000306. The molecule has 0 aromatic heterocycles. The summed E-state index contributed by atoms with van der Waals surface area (Å²) in [6.45, 7) is -0.939. The summed E-state index contributed by atoms with van der Waals surface area (Å²) >= 11 is 5.98. The zero-order valence-electron chi connectivity index (χ0n) is 17.3. The fourth-order valence-electron chi connectivity index (χ4n) is 3.82. The largest absolute Gasteiger partial charge is 0.352 e. The van der Waals surface area contributed by atoms with E-state index in [9.17, 15) is 22.0 Å². The molecule has 2 aromatic carbocycles. The Bertz CT molecular complexity index is 1130. The van der Waals surface area contributed by atoms with Crippen LogP contribution < -0.4 is 4.72 Å². The van der Waals surface area contributed by atoms with Crippen LogP contribution in [0.15, 0.2) is 59.7 Å². The number of benzene rings is 2. The second-order valence-corrected chi connectivity index (χ2v) is 9.85. The molecule has 1 atom stereocenters. The number of urea groups is 1. The molecule has 2 aromatic rings. The van der Waals surface area contributed by atoms with E-state index in [1.807, 2.05) is 35.1 Å². The first-order chi connectivity index (χ1) is 15.1. The lowest BCUT2D eigenvalue weighted by molar-refractivity contribution is -0.0436. The van der Waals surface area contributed by atoms with Crippen LogP contribution in [0.5, 0.6) is 0 Å². The number of amides is 2. The van der Waals surface area contributed by atoms with Crippen LogP contribution in [0.3, 0.4) is 0 Å². The van der Waals surface area contributed by atoms with Gasteiger partial charge in [0.15, 0.2) is 0 Å². The molecule has 0 radical (unpaired) electrons. The molecule has 0 unspecified atom stereocenters. The molecule has 1 N–H and O–H groups in total. The first-order valence-electron chi connectivity index (χ1n) is 10.0. The SMILES string of the molecule is Cl.O=C(NS(=O)(=O)N1CCCC(F)(F)C1)N1C[C@@H](c2ccccc2)C(c2ccc(Cl)cc2)=N1. The second-order valence-electron chi connectivity index (χ2n) is 7.74. The molecule has 7 nitrogen and oxygen atoms in total. The van der Waals surface area contributed by atoms with Crippen LogP contribution in [-0.4, -0.2) is 55.0 Å². The molecule has 0 aliphatic carbocycles. The van der Waals surface area contributed by atoms with Gasteiger partial charge in [0.05, 0.1) is 18.8 Å². The Morgan fingerprint density at radius 3 is 2.42 bits per heavy atom. The van der Waals surface area contributed by atoms with E-state index < -0.39 is 28.7 Å². The van der Waals surface area contributed by atoms with Crippen LogP contribution in [0.1, 0.15) is 29.9 Å². The Labute approximate surface area is 202 Å². The van der Waals surface area contributed by atoms with Crippen molar-refractivity contribution in [3.8, 4) is 0 Å². The van der Waals surface area contributed by atoms with Crippen molar-refractivity contribution in [3.05, 3.63) is 70.7 Å². The van der Waals surface area contributed by atoms with Gasteiger partial charge in [0, 0.05) is 23.9 Å². The van der Waals surface area contributed by atoms with E-state index in [0.29, 0.717) is 15.0 Å². The van der Waals surface area contributed by atoms with Crippen LogP contribution >= 0.6 is 24.0 Å². The molecule has 178 valence electrons. The summed E-state index contributed by atoms with van der Waals surface area (Å²) in [6, 6.07) is 15.3. The van der Waals surface area contributed by atoms with Crippen molar-refractivity contribution in [2.45, 2.75) is 24.7 Å². The van der Waals surface area contributed by atoms with E-state index in [1.54, 1.807) is 24.3 Å². The minimum atomic E-state index is -4.44. The third-order valence-corrected chi connectivity index (χ3v) is 7.08. The number of hydrogen-bond donors (Lipinski definition) is 1. The molecular weight excluding hydrogens is 497 g/mol. The fourth-order valence-corrected chi connectivity index (χ4v) is 5.13. The van der Waals surface area contributed by atoms with Crippen molar-refractivity contribution in [1.29, 1.82) is 0 Å². The van der Waals surface area contributed by atoms with E-state index in [1.165, 1.54) is 0 Å². The van der Waals surface area contributed by atoms with E-state index >= 15 is 0 Å². The van der Waals surface area contributed by atoms with Gasteiger partial charge >= 0.3 is 16.2 Å². The van der Waals surface area contributed by atoms with Crippen LogP contribution in [-0.2, 0) is 10.2 Å². The third kappa shape index (κ3) is 5.81. The van der Waals surface area contributed by atoms with Crippen molar-refractivity contribution < 1.29 is 22.0 Å². The van der Waals surface area contributed by atoms with Crippen LogP contribution in [0.25, 0.3) is 0 Å². The number of nitrogens with zero attached hydrogens (tertiary/aromatic N) is 3. The second kappa shape index (κ2) is 9.92. The smallest absolute Gasteiger partial charge is 0.245 e. The zero-order chi connectivity index (χ0) is 22.9. The Hall–Kier alpha value is -2.27. The normalized spacial score (nSPS) is 20.6. The summed E-state index contributed by atoms with van der Waals surface area (Å²) in [5, 5.41) is 5.93. The lowest BCUT2D eigenvalue weighted by Crippen LogP contribution is -2.52. The number of piperidine rings is 1. The Morgan fingerprint density at radius 1 is 1.12 bits per heavy atom. The van der Waals surface area contributed by atoms with Crippen molar-refractivity contribution >= 4 is 46.0 Å². The number of alkyl halides is 2. The number of carbonyl (C=O) groups excluding carboxylic acids is 1. The molecule has 0 spiro atoms. The highest BCUT2D eigenvalue weighted by molar-refractivity contribution is 7.87. The molecule has 0 bridgehead atoms. The third-order valence-electron chi connectivity index (χ3n) is 5.40. The maximum absolute atomic E-state index is 13.7. The quantitative estimate of drug-likeness (QED) is 0.656. The first kappa shape index (κ1) is 25.4. The number of hydrogen-bond acceptors (Lipinski definition) is 4. The summed E-state index contributed by atoms with van der Waals surface area (Å²) in [5.74, 6) is -3.42. The van der Waals surface area contributed by atoms with Gasteiger partial charge in [-0.05, 0) is 29.7 Å². The molecule has 12 heteroatoms. The molecule has 2 heterocycles. The Morgan fingerprint density at radius 2 is 1.79 bits per heavy atom. The highest BCUT2D eigenvalue weighted by Crippen LogP contribution is 2.30. The fraction of sp³-hybridized carbons (Fsp3) is 0.333. The summed E-state index contributed by atoms with van der Waals surface area (Å²) in [7, 11) is -4.44. The van der Waals surface area contributed by atoms with Gasteiger partial charge in [-0.25, -0.2) is 23.3 Å². The van der Waals surface area contributed by atoms with E-state index in [4.69, 9.17) is 11.6 Å². The van der Waals surface area contributed by atoms with Crippen molar-refractivity contribution in [1.82, 2.24) is 14.0 Å². The van der Waals surface area contributed by atoms with E-state index in [-0.39, 0.29) is 44.3 Å². The average Bonchev–Trinajstić information content (AvgIpc) is 3.20. The van der Waals surface area contributed by atoms with Crippen molar-refractivity contribution in [2.75, 3.05) is 19.6 Å². The molecule has 2 aliphatic heterocycles. The number of nitrogens with one attached hydrogen (secondary N) is 1. The van der Waals surface area contributed by atoms with E-state index in [2.05, 4.69) is 5.10 Å². The standard InChI is InChI=1S/C21H21ClF2N4O3S.ClH/c22-17-9-7-16(8-10-17)19-18(15-5-2-1-3-6-15)13-28(25-19)20(29)26-32(30,31)27-12-4-11-21(23,24)14-27;/h1-3,5-10,18H,4,11-14H2,(H,26,29);1H/t18-;/m0./s1. The van der Waals surface area contributed by atoms with Gasteiger partial charge in [-0.3, -0.25) is 0 Å². The molecule has 33 heavy (non-hydrogen) atoms. The minimum absolute atomic E-state index is 0. The van der Waals surface area contributed by atoms with Gasteiger partial charge in [0.25, 0.3) is 5.92 Å². The topological polar surface area (TPSA) is 82.1 Å². The Kier molecular flexibility index (Phi) is 7.62. The summed E-state index contributed by atoms with van der Waals surface area (Å²) < 4.78 is 54.9. The van der Waals surface area contributed by atoms with Gasteiger partial charge < -0.3 is 0 Å². The number of hydrazone groups is 1. The zero-order valence-corrected chi connectivity index (χ0v) is 19.7. The predicted molar refractivity (Wildman–Crippen MR) is 124 cm³/mol. The minimum Gasteiger partial charge on any atom is -0.245 e. The van der Waals surface area contributed by atoms with Gasteiger partial charge in [0.2, 0.25) is 0 Å². The predicted octanol–water partition coefficient (Wildman–Crippen LogP) is 4.25. The van der Waals surface area contributed by atoms with Gasteiger partial charge in [-0.1, -0.05) is 54.1 Å². The molecule has 1 fully saturated rings. The molecule has 2 amide bonds. The van der Waals surface area contributed by atoms with Crippen LogP contribution in [0.4, 0.5) is 13.6 Å². The maximum atomic E-state index is 13.7.